The lowest BCUT2D eigenvalue weighted by atomic mass is 10.3. The molecule has 0 saturated carbocycles. The Kier molecular flexibility index (Phi) is 7.21. The lowest BCUT2D eigenvalue weighted by Gasteiger charge is -2.11. The summed E-state index contributed by atoms with van der Waals surface area (Å²) in [6.45, 7) is 5.14. The van der Waals surface area contributed by atoms with Crippen molar-refractivity contribution < 1.29 is 22.6 Å². The molecule has 0 aliphatic carbocycles. The molecule has 0 bridgehead atoms. The van der Waals surface area contributed by atoms with E-state index in [9.17, 15) is 13.2 Å². The molecule has 1 rings (SSSR count). The summed E-state index contributed by atoms with van der Waals surface area (Å²) in [7, 11) is 0. The summed E-state index contributed by atoms with van der Waals surface area (Å²) >= 11 is 0. The molecule has 0 saturated heterocycles. The summed E-state index contributed by atoms with van der Waals surface area (Å²) in [6, 6.07) is 1.56. The van der Waals surface area contributed by atoms with E-state index < -0.39 is 12.6 Å². The number of ether oxygens (including phenoxy) is 2. The van der Waals surface area contributed by atoms with Gasteiger partial charge in [0.15, 0.2) is 5.82 Å². The number of rotatable bonds is 9. The van der Waals surface area contributed by atoms with Crippen molar-refractivity contribution in [3.05, 3.63) is 11.9 Å². The molecule has 1 aromatic heterocycles. The standard InChI is InChI=1S/C13H20F3N3O2/c1-3-17-10-8-12(19-11(18-10)9-20-4-2)21-7-5-6-13(14,15)16/h8H,3-7,9H2,1-2H3,(H,17,18,19). The van der Waals surface area contributed by atoms with Crippen LogP contribution in [0.1, 0.15) is 32.5 Å². The van der Waals surface area contributed by atoms with Crippen molar-refractivity contribution in [2.24, 2.45) is 0 Å². The molecule has 1 aromatic rings. The number of nitrogens with one attached hydrogen (secondary N) is 1. The third kappa shape index (κ3) is 7.69. The highest BCUT2D eigenvalue weighted by atomic mass is 19.4. The molecule has 0 amide bonds. The highest BCUT2D eigenvalue weighted by molar-refractivity contribution is 5.38. The summed E-state index contributed by atoms with van der Waals surface area (Å²) < 4.78 is 46.6. The van der Waals surface area contributed by atoms with Gasteiger partial charge in [-0.2, -0.15) is 18.2 Å². The van der Waals surface area contributed by atoms with Crippen molar-refractivity contribution >= 4 is 5.82 Å². The number of halogens is 3. The van der Waals surface area contributed by atoms with Gasteiger partial charge in [0.1, 0.15) is 12.4 Å². The Morgan fingerprint density at radius 2 is 2.00 bits per heavy atom. The van der Waals surface area contributed by atoms with Crippen LogP contribution >= 0.6 is 0 Å². The van der Waals surface area contributed by atoms with Gasteiger partial charge in [0.2, 0.25) is 5.88 Å². The molecule has 0 radical (unpaired) electrons. The minimum atomic E-state index is -4.16. The van der Waals surface area contributed by atoms with E-state index in [4.69, 9.17) is 9.47 Å². The van der Waals surface area contributed by atoms with Crippen molar-refractivity contribution in [3.8, 4) is 5.88 Å². The second-order valence-electron chi connectivity index (χ2n) is 4.24. The van der Waals surface area contributed by atoms with E-state index >= 15 is 0 Å². The molecule has 0 atom stereocenters. The van der Waals surface area contributed by atoms with Gasteiger partial charge in [-0.25, -0.2) is 4.98 Å². The van der Waals surface area contributed by atoms with Crippen LogP contribution in [0.4, 0.5) is 19.0 Å². The van der Waals surface area contributed by atoms with Gasteiger partial charge in [0.05, 0.1) is 6.61 Å². The number of anilines is 1. The van der Waals surface area contributed by atoms with Crippen LogP contribution in [0, 0.1) is 0 Å². The fourth-order valence-electron chi connectivity index (χ4n) is 1.53. The van der Waals surface area contributed by atoms with Crippen molar-refractivity contribution in [1.29, 1.82) is 0 Å². The van der Waals surface area contributed by atoms with E-state index in [1.165, 1.54) is 0 Å². The molecule has 5 nitrogen and oxygen atoms in total. The Balaban J connectivity index is 2.60. The molecular weight excluding hydrogens is 287 g/mol. The summed E-state index contributed by atoms with van der Waals surface area (Å²) in [5.74, 6) is 1.24. The van der Waals surface area contributed by atoms with Crippen LogP contribution in [-0.4, -0.2) is 35.9 Å². The minimum Gasteiger partial charge on any atom is -0.478 e. The lowest BCUT2D eigenvalue weighted by molar-refractivity contribution is -0.136. The van der Waals surface area contributed by atoms with Gasteiger partial charge in [-0.1, -0.05) is 0 Å². The van der Waals surface area contributed by atoms with Gasteiger partial charge >= 0.3 is 6.18 Å². The average molecular weight is 307 g/mol. The molecule has 21 heavy (non-hydrogen) atoms. The van der Waals surface area contributed by atoms with Crippen molar-refractivity contribution in [2.75, 3.05) is 25.1 Å². The van der Waals surface area contributed by atoms with Crippen molar-refractivity contribution in [2.45, 2.75) is 39.5 Å². The molecular formula is C13H20F3N3O2. The van der Waals surface area contributed by atoms with Gasteiger partial charge in [0.25, 0.3) is 0 Å². The first-order chi connectivity index (χ1) is 9.94. The lowest BCUT2D eigenvalue weighted by Crippen LogP contribution is -2.11. The van der Waals surface area contributed by atoms with Crippen LogP contribution in [0.2, 0.25) is 0 Å². The Bertz CT molecular complexity index is 428. The quantitative estimate of drug-likeness (QED) is 0.710. The fourth-order valence-corrected chi connectivity index (χ4v) is 1.53. The SMILES string of the molecule is CCNc1cc(OCCCC(F)(F)F)nc(COCC)n1. The van der Waals surface area contributed by atoms with Crippen molar-refractivity contribution in [3.63, 3.8) is 0 Å². The van der Waals surface area contributed by atoms with E-state index in [-0.39, 0.29) is 25.5 Å². The first-order valence-electron chi connectivity index (χ1n) is 6.83. The maximum Gasteiger partial charge on any atom is 0.389 e. The summed E-state index contributed by atoms with van der Waals surface area (Å²) in [4.78, 5) is 8.33. The molecule has 0 unspecified atom stereocenters. The normalized spacial score (nSPS) is 11.5. The van der Waals surface area contributed by atoms with Crippen molar-refractivity contribution in [1.82, 2.24) is 9.97 Å². The van der Waals surface area contributed by atoms with E-state index in [0.717, 1.165) is 0 Å². The molecule has 0 aliphatic heterocycles. The molecule has 0 spiro atoms. The molecule has 1 heterocycles. The summed E-state index contributed by atoms with van der Waals surface area (Å²) in [5.41, 5.74) is 0. The molecule has 120 valence electrons. The summed E-state index contributed by atoms with van der Waals surface area (Å²) in [5, 5.41) is 3.01. The molecule has 8 heteroatoms. The number of hydrogen-bond donors (Lipinski definition) is 1. The first-order valence-corrected chi connectivity index (χ1v) is 6.83. The van der Waals surface area contributed by atoms with E-state index in [2.05, 4.69) is 15.3 Å². The Morgan fingerprint density at radius 3 is 2.62 bits per heavy atom. The zero-order valence-electron chi connectivity index (χ0n) is 12.2. The van der Waals surface area contributed by atoms with Crippen LogP contribution in [0.5, 0.6) is 5.88 Å². The number of nitrogens with zero attached hydrogens (tertiary/aromatic N) is 2. The average Bonchev–Trinajstić information content (AvgIpc) is 2.41. The molecule has 1 N–H and O–H groups in total. The predicted molar refractivity (Wildman–Crippen MR) is 72.3 cm³/mol. The van der Waals surface area contributed by atoms with E-state index in [1.54, 1.807) is 6.07 Å². The number of hydrogen-bond acceptors (Lipinski definition) is 5. The van der Waals surface area contributed by atoms with Gasteiger partial charge in [0, 0.05) is 25.6 Å². The zero-order valence-corrected chi connectivity index (χ0v) is 12.2. The third-order valence-corrected chi connectivity index (χ3v) is 2.40. The van der Waals surface area contributed by atoms with Gasteiger partial charge in [-0.05, 0) is 20.3 Å². The van der Waals surface area contributed by atoms with Crippen LogP contribution in [0.15, 0.2) is 6.07 Å². The summed E-state index contributed by atoms with van der Waals surface area (Å²) in [6.07, 6.45) is -5.14. The maximum atomic E-state index is 12.0. The Hall–Kier alpha value is -1.57. The van der Waals surface area contributed by atoms with Gasteiger partial charge in [-0.15, -0.1) is 0 Å². The number of alkyl halides is 3. The van der Waals surface area contributed by atoms with Crippen LogP contribution in [-0.2, 0) is 11.3 Å². The first kappa shape index (κ1) is 17.5. The van der Waals surface area contributed by atoms with Gasteiger partial charge in [-0.3, -0.25) is 0 Å². The monoisotopic (exact) mass is 307 g/mol. The van der Waals surface area contributed by atoms with E-state index in [0.29, 0.717) is 24.8 Å². The highest BCUT2D eigenvalue weighted by Gasteiger charge is 2.26. The second kappa shape index (κ2) is 8.66. The van der Waals surface area contributed by atoms with Gasteiger partial charge < -0.3 is 14.8 Å². The molecule has 0 aromatic carbocycles. The molecule has 0 aliphatic rings. The van der Waals surface area contributed by atoms with E-state index in [1.807, 2.05) is 13.8 Å². The Morgan fingerprint density at radius 1 is 1.24 bits per heavy atom. The van der Waals surface area contributed by atoms with Crippen LogP contribution in [0.3, 0.4) is 0 Å². The predicted octanol–water partition coefficient (Wildman–Crippen LogP) is 3.17. The van der Waals surface area contributed by atoms with Crippen LogP contribution in [0.25, 0.3) is 0 Å². The third-order valence-electron chi connectivity index (χ3n) is 2.40. The highest BCUT2D eigenvalue weighted by Crippen LogP contribution is 2.21. The fraction of sp³-hybridized carbons (Fsp3) is 0.692. The molecule has 0 fully saturated rings. The smallest absolute Gasteiger partial charge is 0.389 e. The Labute approximate surface area is 121 Å². The second-order valence-corrected chi connectivity index (χ2v) is 4.24. The zero-order chi connectivity index (χ0) is 15.7. The topological polar surface area (TPSA) is 56.3 Å². The van der Waals surface area contributed by atoms with Crippen LogP contribution < -0.4 is 10.1 Å². The number of aromatic nitrogens is 2. The minimum absolute atomic E-state index is 0.0455. The maximum absolute atomic E-state index is 12.0. The largest absolute Gasteiger partial charge is 0.478 e.